The Hall–Kier alpha value is -2.40. The largest absolute Gasteiger partial charge is 0.336 e. The maximum atomic E-state index is 14.2. The SMILES string of the molecule is O=C(Cc1c(F)cccc1Cl)N1CCCC12CCCN(Cc1ccccc1)C2=O. The summed E-state index contributed by atoms with van der Waals surface area (Å²) in [6, 6.07) is 14.3. The number of benzene rings is 2. The second-order valence-corrected chi connectivity index (χ2v) is 8.28. The van der Waals surface area contributed by atoms with Gasteiger partial charge in [0.25, 0.3) is 0 Å². The molecule has 2 aliphatic rings. The third-order valence-electron chi connectivity index (χ3n) is 6.10. The number of piperidine rings is 1. The first-order valence-electron chi connectivity index (χ1n) is 10.1. The van der Waals surface area contributed by atoms with Crippen molar-refractivity contribution >= 4 is 23.4 Å². The second-order valence-electron chi connectivity index (χ2n) is 7.87. The van der Waals surface area contributed by atoms with E-state index in [0.29, 0.717) is 32.5 Å². The van der Waals surface area contributed by atoms with Gasteiger partial charge < -0.3 is 9.80 Å². The van der Waals surface area contributed by atoms with Crippen molar-refractivity contribution in [2.45, 2.75) is 44.2 Å². The van der Waals surface area contributed by atoms with E-state index >= 15 is 0 Å². The first-order chi connectivity index (χ1) is 14.0. The molecule has 2 heterocycles. The van der Waals surface area contributed by atoms with Gasteiger partial charge in [0, 0.05) is 30.2 Å². The third kappa shape index (κ3) is 3.76. The predicted molar refractivity (Wildman–Crippen MR) is 110 cm³/mol. The first-order valence-corrected chi connectivity index (χ1v) is 10.5. The Morgan fingerprint density at radius 1 is 1.03 bits per heavy atom. The van der Waals surface area contributed by atoms with Crippen molar-refractivity contribution in [1.29, 1.82) is 0 Å². The molecule has 2 amide bonds. The van der Waals surface area contributed by atoms with Gasteiger partial charge in [-0.1, -0.05) is 48.0 Å². The van der Waals surface area contributed by atoms with Gasteiger partial charge in [-0.3, -0.25) is 9.59 Å². The minimum atomic E-state index is -0.804. The van der Waals surface area contributed by atoms with Crippen molar-refractivity contribution in [2.75, 3.05) is 13.1 Å². The van der Waals surface area contributed by atoms with Crippen LogP contribution in [-0.4, -0.2) is 40.2 Å². The summed E-state index contributed by atoms with van der Waals surface area (Å²) in [5.41, 5.74) is 0.472. The summed E-state index contributed by atoms with van der Waals surface area (Å²) in [6.07, 6.45) is 2.82. The summed E-state index contributed by atoms with van der Waals surface area (Å²) in [7, 11) is 0. The van der Waals surface area contributed by atoms with Crippen molar-refractivity contribution in [3.63, 3.8) is 0 Å². The van der Waals surface area contributed by atoms with Crippen molar-refractivity contribution in [3.05, 3.63) is 70.5 Å². The molecule has 1 atom stereocenters. The van der Waals surface area contributed by atoms with Gasteiger partial charge in [-0.2, -0.15) is 0 Å². The highest BCUT2D eigenvalue weighted by molar-refractivity contribution is 6.31. The molecule has 6 heteroatoms. The molecule has 2 aromatic carbocycles. The summed E-state index contributed by atoms with van der Waals surface area (Å²) in [5.74, 6) is -0.706. The number of hydrogen-bond donors (Lipinski definition) is 0. The highest BCUT2D eigenvalue weighted by Gasteiger charge is 2.52. The van der Waals surface area contributed by atoms with Crippen LogP contribution >= 0.6 is 11.6 Å². The summed E-state index contributed by atoms with van der Waals surface area (Å²) in [4.78, 5) is 30.2. The average Bonchev–Trinajstić information content (AvgIpc) is 3.14. The molecule has 0 N–H and O–H groups in total. The van der Waals surface area contributed by atoms with E-state index in [1.807, 2.05) is 35.2 Å². The van der Waals surface area contributed by atoms with E-state index in [-0.39, 0.29) is 28.8 Å². The van der Waals surface area contributed by atoms with E-state index in [0.717, 1.165) is 18.4 Å². The fourth-order valence-electron chi connectivity index (χ4n) is 4.69. The van der Waals surface area contributed by atoms with E-state index < -0.39 is 11.4 Å². The molecular formula is C23H24ClFN2O2. The molecule has 1 spiro atoms. The van der Waals surface area contributed by atoms with Crippen molar-refractivity contribution in [3.8, 4) is 0 Å². The number of likely N-dealkylation sites (tertiary alicyclic amines) is 2. The molecule has 2 aromatic rings. The molecule has 29 heavy (non-hydrogen) atoms. The zero-order valence-electron chi connectivity index (χ0n) is 16.2. The van der Waals surface area contributed by atoms with E-state index in [2.05, 4.69) is 0 Å². The summed E-state index contributed by atoms with van der Waals surface area (Å²) in [6.45, 7) is 1.76. The Kier molecular flexibility index (Phi) is 5.59. The van der Waals surface area contributed by atoms with E-state index in [1.165, 1.54) is 12.1 Å². The number of hydrogen-bond acceptors (Lipinski definition) is 2. The fraction of sp³-hybridized carbons (Fsp3) is 0.391. The summed E-state index contributed by atoms with van der Waals surface area (Å²) < 4.78 is 14.2. The maximum Gasteiger partial charge on any atom is 0.248 e. The molecule has 2 aliphatic heterocycles. The zero-order chi connectivity index (χ0) is 20.4. The van der Waals surface area contributed by atoms with Crippen LogP contribution in [0.5, 0.6) is 0 Å². The first kappa shape index (κ1) is 19.9. The molecule has 4 rings (SSSR count). The number of rotatable bonds is 4. The van der Waals surface area contributed by atoms with Crippen LogP contribution in [0.2, 0.25) is 5.02 Å². The van der Waals surface area contributed by atoms with Crippen LogP contribution in [-0.2, 0) is 22.6 Å². The molecule has 4 nitrogen and oxygen atoms in total. The Bertz CT molecular complexity index is 900. The highest BCUT2D eigenvalue weighted by atomic mass is 35.5. The van der Waals surface area contributed by atoms with Crippen LogP contribution in [0.1, 0.15) is 36.8 Å². The van der Waals surface area contributed by atoms with Crippen LogP contribution in [0.4, 0.5) is 4.39 Å². The lowest BCUT2D eigenvalue weighted by Crippen LogP contribution is -2.61. The number of amides is 2. The Balaban J connectivity index is 1.55. The highest BCUT2D eigenvalue weighted by Crippen LogP contribution is 2.39. The van der Waals surface area contributed by atoms with Gasteiger partial charge in [-0.15, -0.1) is 0 Å². The lowest BCUT2D eigenvalue weighted by atomic mass is 9.84. The molecule has 0 saturated carbocycles. The van der Waals surface area contributed by atoms with E-state index in [1.54, 1.807) is 11.0 Å². The molecule has 0 radical (unpaired) electrons. The number of halogens is 2. The summed E-state index contributed by atoms with van der Waals surface area (Å²) in [5, 5.41) is 0.243. The Morgan fingerprint density at radius 2 is 1.76 bits per heavy atom. The van der Waals surface area contributed by atoms with Gasteiger partial charge in [-0.25, -0.2) is 4.39 Å². The molecular weight excluding hydrogens is 391 g/mol. The van der Waals surface area contributed by atoms with Gasteiger partial charge in [0.05, 0.1) is 6.42 Å². The van der Waals surface area contributed by atoms with Gasteiger partial charge in [0.2, 0.25) is 11.8 Å². The molecule has 0 aliphatic carbocycles. The number of carbonyl (C=O) groups is 2. The Morgan fingerprint density at radius 3 is 2.48 bits per heavy atom. The predicted octanol–water partition coefficient (Wildman–Crippen LogP) is 4.21. The van der Waals surface area contributed by atoms with E-state index in [4.69, 9.17) is 11.6 Å². The molecule has 1 unspecified atom stereocenters. The lowest BCUT2D eigenvalue weighted by molar-refractivity contribution is -0.155. The quantitative estimate of drug-likeness (QED) is 0.752. The fourth-order valence-corrected chi connectivity index (χ4v) is 4.92. The van der Waals surface area contributed by atoms with Crippen molar-refractivity contribution in [1.82, 2.24) is 9.80 Å². The Labute approximate surface area is 175 Å². The minimum Gasteiger partial charge on any atom is -0.336 e. The van der Waals surface area contributed by atoms with Gasteiger partial charge in [0.1, 0.15) is 11.4 Å². The number of carbonyl (C=O) groups excluding carboxylic acids is 2. The molecule has 0 bridgehead atoms. The van der Waals surface area contributed by atoms with Crippen LogP contribution < -0.4 is 0 Å². The van der Waals surface area contributed by atoms with Gasteiger partial charge in [-0.05, 0) is 43.4 Å². The van der Waals surface area contributed by atoms with E-state index in [9.17, 15) is 14.0 Å². The van der Waals surface area contributed by atoms with Crippen LogP contribution in [0, 0.1) is 5.82 Å². The smallest absolute Gasteiger partial charge is 0.248 e. The average molecular weight is 415 g/mol. The molecule has 2 fully saturated rings. The molecule has 0 aromatic heterocycles. The molecule has 152 valence electrons. The molecule has 2 saturated heterocycles. The van der Waals surface area contributed by atoms with Crippen LogP contribution in [0.25, 0.3) is 0 Å². The summed E-state index contributed by atoms with van der Waals surface area (Å²) >= 11 is 6.11. The van der Waals surface area contributed by atoms with Crippen LogP contribution in [0.15, 0.2) is 48.5 Å². The van der Waals surface area contributed by atoms with Crippen molar-refractivity contribution < 1.29 is 14.0 Å². The normalized spacial score (nSPS) is 21.8. The van der Waals surface area contributed by atoms with Crippen LogP contribution in [0.3, 0.4) is 0 Å². The third-order valence-corrected chi connectivity index (χ3v) is 6.45. The zero-order valence-corrected chi connectivity index (χ0v) is 17.0. The number of nitrogens with zero attached hydrogens (tertiary/aromatic N) is 2. The minimum absolute atomic E-state index is 0.0121. The lowest BCUT2D eigenvalue weighted by Gasteiger charge is -2.44. The second kappa shape index (κ2) is 8.15. The van der Waals surface area contributed by atoms with Gasteiger partial charge in [0.15, 0.2) is 0 Å². The monoisotopic (exact) mass is 414 g/mol. The topological polar surface area (TPSA) is 40.6 Å². The standard InChI is InChI=1S/C23H24ClFN2O2/c24-19-9-4-10-20(25)18(19)15-21(28)27-14-6-12-23(27)11-5-13-26(22(23)29)16-17-7-2-1-3-8-17/h1-4,7-10H,5-6,11-16H2. The van der Waals surface area contributed by atoms with Crippen molar-refractivity contribution in [2.24, 2.45) is 0 Å². The maximum absolute atomic E-state index is 14.2. The van der Waals surface area contributed by atoms with Gasteiger partial charge >= 0.3 is 0 Å².